The zero-order valence-electron chi connectivity index (χ0n) is 13.6. The number of amides is 2. The molecule has 2 aromatic heterocycles. The van der Waals surface area contributed by atoms with Crippen LogP contribution in [-0.2, 0) is 29.1 Å². The Balaban J connectivity index is 1.49. The maximum absolute atomic E-state index is 13.0. The second kappa shape index (κ2) is 5.46. The number of H-pyrrole nitrogens is 1. The highest BCUT2D eigenvalue weighted by atomic mass is 32.1. The number of rotatable bonds is 2. The molecule has 25 heavy (non-hydrogen) atoms. The maximum atomic E-state index is 13.0. The third-order valence-electron chi connectivity index (χ3n) is 5.17. The molecule has 0 spiro atoms. The maximum Gasteiger partial charge on any atom is 0.246 e. The standard InChI is InChI=1S/C19H17N3O2S/c23-18-11-21(9-12-4-3-7-25-12)19(24)17-8-14-13-5-1-2-6-15(13)20-16(14)10-22(17)18/h1-7,17,20H,8-11H2/t17-/m0/s1. The van der Waals surface area contributed by atoms with Crippen LogP contribution < -0.4 is 0 Å². The lowest BCUT2D eigenvalue weighted by atomic mass is 9.94. The second-order valence-corrected chi connectivity index (χ2v) is 7.68. The van der Waals surface area contributed by atoms with Crippen molar-refractivity contribution < 1.29 is 9.59 Å². The van der Waals surface area contributed by atoms with E-state index < -0.39 is 0 Å². The predicted molar refractivity (Wildman–Crippen MR) is 96.1 cm³/mol. The number of thiophene rings is 1. The van der Waals surface area contributed by atoms with E-state index in [0.717, 1.165) is 21.5 Å². The van der Waals surface area contributed by atoms with E-state index in [9.17, 15) is 9.59 Å². The molecule has 0 bridgehead atoms. The van der Waals surface area contributed by atoms with Crippen LogP contribution in [0.2, 0.25) is 0 Å². The Morgan fingerprint density at radius 3 is 2.84 bits per heavy atom. The predicted octanol–water partition coefficient (Wildman–Crippen LogP) is 2.53. The first-order chi connectivity index (χ1) is 12.2. The molecule has 5 nitrogen and oxygen atoms in total. The number of nitrogens with zero attached hydrogens (tertiary/aromatic N) is 2. The average molecular weight is 351 g/mol. The zero-order valence-corrected chi connectivity index (χ0v) is 14.4. The SMILES string of the molecule is O=C1[C@@H]2Cc3c([nH]c4ccccc34)CN2C(=O)CN1Cc1cccs1. The minimum atomic E-state index is -0.382. The molecule has 1 aromatic carbocycles. The summed E-state index contributed by atoms with van der Waals surface area (Å²) in [6.07, 6.45) is 0.588. The summed E-state index contributed by atoms with van der Waals surface area (Å²) in [6, 6.07) is 11.7. The Hall–Kier alpha value is -2.60. The minimum Gasteiger partial charge on any atom is -0.357 e. The Bertz CT molecular complexity index is 976. The lowest BCUT2D eigenvalue weighted by Gasteiger charge is -2.42. The van der Waals surface area contributed by atoms with Crippen LogP contribution in [0.25, 0.3) is 10.9 Å². The third-order valence-corrected chi connectivity index (χ3v) is 6.04. The van der Waals surface area contributed by atoms with Gasteiger partial charge in [0, 0.05) is 27.9 Å². The molecule has 2 aliphatic rings. The van der Waals surface area contributed by atoms with Gasteiger partial charge in [0.15, 0.2) is 0 Å². The van der Waals surface area contributed by atoms with Crippen molar-refractivity contribution in [2.75, 3.05) is 6.54 Å². The van der Waals surface area contributed by atoms with E-state index in [1.165, 1.54) is 5.56 Å². The van der Waals surface area contributed by atoms with E-state index in [2.05, 4.69) is 11.1 Å². The molecule has 1 atom stereocenters. The molecule has 0 unspecified atom stereocenters. The topological polar surface area (TPSA) is 56.4 Å². The van der Waals surface area contributed by atoms with Crippen molar-refractivity contribution >= 4 is 34.1 Å². The van der Waals surface area contributed by atoms with Gasteiger partial charge in [-0.3, -0.25) is 9.59 Å². The summed E-state index contributed by atoms with van der Waals surface area (Å²) in [5.74, 6) is 0.0920. The van der Waals surface area contributed by atoms with E-state index in [4.69, 9.17) is 0 Å². The molecule has 3 aromatic rings. The van der Waals surface area contributed by atoms with Crippen molar-refractivity contribution in [1.29, 1.82) is 0 Å². The largest absolute Gasteiger partial charge is 0.357 e. The fourth-order valence-corrected chi connectivity index (χ4v) is 4.68. The first-order valence-corrected chi connectivity index (χ1v) is 9.28. The van der Waals surface area contributed by atoms with Crippen molar-refractivity contribution in [3.05, 3.63) is 57.9 Å². The molecular formula is C19H17N3O2S. The number of benzene rings is 1. The van der Waals surface area contributed by atoms with E-state index in [1.807, 2.05) is 35.7 Å². The number of carbonyl (C=O) groups is 2. The highest BCUT2D eigenvalue weighted by Gasteiger charge is 2.42. The Morgan fingerprint density at radius 1 is 1.12 bits per heavy atom. The van der Waals surface area contributed by atoms with E-state index in [0.29, 0.717) is 19.5 Å². The minimum absolute atomic E-state index is 0.0328. The van der Waals surface area contributed by atoms with Gasteiger partial charge in [0.2, 0.25) is 11.8 Å². The number of fused-ring (bicyclic) bond motifs is 4. The molecule has 1 saturated heterocycles. The highest BCUT2D eigenvalue weighted by Crippen LogP contribution is 2.32. The summed E-state index contributed by atoms with van der Waals surface area (Å²) in [6.45, 7) is 1.18. The molecule has 0 aliphatic carbocycles. The summed E-state index contributed by atoms with van der Waals surface area (Å²) in [4.78, 5) is 33.7. The number of hydrogen-bond acceptors (Lipinski definition) is 3. The van der Waals surface area contributed by atoms with Crippen molar-refractivity contribution in [2.45, 2.75) is 25.6 Å². The van der Waals surface area contributed by atoms with Crippen LogP contribution >= 0.6 is 11.3 Å². The summed E-state index contributed by atoms with van der Waals surface area (Å²) >= 11 is 1.62. The van der Waals surface area contributed by atoms with Crippen LogP contribution in [0.4, 0.5) is 0 Å². The van der Waals surface area contributed by atoms with Crippen molar-refractivity contribution in [3.63, 3.8) is 0 Å². The van der Waals surface area contributed by atoms with Gasteiger partial charge >= 0.3 is 0 Å². The monoisotopic (exact) mass is 351 g/mol. The van der Waals surface area contributed by atoms with Gasteiger partial charge < -0.3 is 14.8 Å². The summed E-state index contributed by atoms with van der Waals surface area (Å²) in [5, 5.41) is 3.16. The number of piperazine rings is 1. The fourth-order valence-electron chi connectivity index (χ4n) is 3.96. The van der Waals surface area contributed by atoms with Crippen LogP contribution in [0.3, 0.4) is 0 Å². The van der Waals surface area contributed by atoms with Crippen molar-refractivity contribution in [1.82, 2.24) is 14.8 Å². The quantitative estimate of drug-likeness (QED) is 0.771. The van der Waals surface area contributed by atoms with Gasteiger partial charge in [-0.05, 0) is 23.1 Å². The molecule has 2 aliphatic heterocycles. The van der Waals surface area contributed by atoms with Gasteiger partial charge in [0.1, 0.15) is 12.6 Å². The Labute approximate surface area is 148 Å². The Kier molecular flexibility index (Phi) is 3.21. The van der Waals surface area contributed by atoms with Crippen LogP contribution in [-0.4, -0.2) is 39.2 Å². The molecule has 6 heteroatoms. The zero-order chi connectivity index (χ0) is 17.0. The van der Waals surface area contributed by atoms with Gasteiger partial charge in [-0.15, -0.1) is 11.3 Å². The smallest absolute Gasteiger partial charge is 0.246 e. The molecular weight excluding hydrogens is 334 g/mol. The number of nitrogens with one attached hydrogen (secondary N) is 1. The van der Waals surface area contributed by atoms with Crippen molar-refractivity contribution in [3.8, 4) is 0 Å². The van der Waals surface area contributed by atoms with Gasteiger partial charge in [-0.1, -0.05) is 24.3 Å². The molecule has 1 N–H and O–H groups in total. The first kappa shape index (κ1) is 14.7. The second-order valence-electron chi connectivity index (χ2n) is 6.64. The van der Waals surface area contributed by atoms with E-state index in [-0.39, 0.29) is 24.4 Å². The summed E-state index contributed by atoms with van der Waals surface area (Å²) in [7, 11) is 0. The molecule has 1 fully saturated rings. The lowest BCUT2D eigenvalue weighted by molar-refractivity contribution is -0.157. The molecule has 0 radical (unpaired) electrons. The summed E-state index contributed by atoms with van der Waals surface area (Å²) in [5.41, 5.74) is 3.31. The number of aromatic nitrogens is 1. The van der Waals surface area contributed by atoms with Gasteiger partial charge in [0.05, 0.1) is 13.1 Å². The number of hydrogen-bond donors (Lipinski definition) is 1. The highest BCUT2D eigenvalue weighted by molar-refractivity contribution is 7.09. The molecule has 2 amide bonds. The average Bonchev–Trinajstić information content (AvgIpc) is 3.25. The number of aromatic amines is 1. The van der Waals surface area contributed by atoms with Gasteiger partial charge in [-0.2, -0.15) is 0 Å². The lowest BCUT2D eigenvalue weighted by Crippen LogP contribution is -2.61. The van der Waals surface area contributed by atoms with Gasteiger partial charge in [0.25, 0.3) is 0 Å². The summed E-state index contributed by atoms with van der Waals surface area (Å²) < 4.78 is 0. The first-order valence-electron chi connectivity index (χ1n) is 8.40. The van der Waals surface area contributed by atoms with E-state index in [1.54, 1.807) is 21.1 Å². The molecule has 4 heterocycles. The van der Waals surface area contributed by atoms with Crippen LogP contribution in [0.1, 0.15) is 16.1 Å². The van der Waals surface area contributed by atoms with Gasteiger partial charge in [-0.25, -0.2) is 0 Å². The molecule has 0 saturated carbocycles. The Morgan fingerprint density at radius 2 is 2.00 bits per heavy atom. The van der Waals surface area contributed by atoms with Crippen LogP contribution in [0.5, 0.6) is 0 Å². The molecule has 5 rings (SSSR count). The van der Waals surface area contributed by atoms with Crippen molar-refractivity contribution in [2.24, 2.45) is 0 Å². The molecule has 126 valence electrons. The normalized spacial score (nSPS) is 20.1. The number of para-hydroxylation sites is 1. The third kappa shape index (κ3) is 2.28. The van der Waals surface area contributed by atoms with Crippen LogP contribution in [0.15, 0.2) is 41.8 Å². The van der Waals surface area contributed by atoms with E-state index >= 15 is 0 Å². The fraction of sp³-hybridized carbons (Fsp3) is 0.263. The van der Waals surface area contributed by atoms with Crippen LogP contribution in [0, 0.1) is 0 Å². The number of carbonyl (C=O) groups excluding carboxylic acids is 2.